The first-order chi connectivity index (χ1) is 9.53. The van der Waals surface area contributed by atoms with Gasteiger partial charge >= 0.3 is 0 Å². The van der Waals surface area contributed by atoms with E-state index in [4.69, 9.17) is 0 Å². The van der Waals surface area contributed by atoms with Crippen molar-refractivity contribution in [2.24, 2.45) is 5.41 Å². The van der Waals surface area contributed by atoms with E-state index in [-0.39, 0.29) is 11.3 Å². The standard InChI is InChI=1S/C15H17N3OS/c1-15(2)8-11-12(13(19)16-9-15)20-14(18-11)17-10-6-4-3-5-7-10/h3-7H,8-9H2,1-2H3,(H,16,19)(H,17,18). The molecule has 1 aromatic carbocycles. The molecule has 20 heavy (non-hydrogen) atoms. The van der Waals surface area contributed by atoms with Crippen LogP contribution in [0.2, 0.25) is 0 Å². The number of rotatable bonds is 2. The van der Waals surface area contributed by atoms with Crippen LogP contribution in [0, 0.1) is 5.41 Å². The molecule has 2 N–H and O–H groups in total. The second-order valence-electron chi connectivity index (χ2n) is 5.81. The highest BCUT2D eigenvalue weighted by molar-refractivity contribution is 7.17. The maximum absolute atomic E-state index is 12.1. The highest BCUT2D eigenvalue weighted by atomic mass is 32.1. The van der Waals surface area contributed by atoms with E-state index in [0.717, 1.165) is 27.8 Å². The van der Waals surface area contributed by atoms with Crippen LogP contribution in [0.15, 0.2) is 30.3 Å². The van der Waals surface area contributed by atoms with Crippen molar-refractivity contribution in [3.63, 3.8) is 0 Å². The first kappa shape index (κ1) is 13.1. The zero-order chi connectivity index (χ0) is 14.2. The van der Waals surface area contributed by atoms with Crippen molar-refractivity contribution >= 4 is 28.1 Å². The van der Waals surface area contributed by atoms with E-state index in [1.54, 1.807) is 0 Å². The van der Waals surface area contributed by atoms with E-state index < -0.39 is 0 Å². The molecular weight excluding hydrogens is 270 g/mol. The number of aromatic nitrogens is 1. The second-order valence-corrected chi connectivity index (χ2v) is 6.81. The van der Waals surface area contributed by atoms with Gasteiger partial charge in [0.05, 0.1) is 5.69 Å². The molecule has 0 spiro atoms. The lowest BCUT2D eigenvalue weighted by Crippen LogP contribution is -2.31. The molecule has 104 valence electrons. The SMILES string of the molecule is CC1(C)CNC(=O)c2sc(Nc3ccccc3)nc2C1. The second kappa shape index (κ2) is 4.90. The third-order valence-electron chi connectivity index (χ3n) is 3.30. The van der Waals surface area contributed by atoms with Gasteiger partial charge in [0.25, 0.3) is 5.91 Å². The van der Waals surface area contributed by atoms with Gasteiger partial charge < -0.3 is 10.6 Å². The van der Waals surface area contributed by atoms with Crippen LogP contribution in [0.4, 0.5) is 10.8 Å². The van der Waals surface area contributed by atoms with Gasteiger partial charge in [0.2, 0.25) is 0 Å². The molecule has 1 amide bonds. The molecule has 5 heteroatoms. The number of hydrogen-bond donors (Lipinski definition) is 2. The van der Waals surface area contributed by atoms with Crippen molar-refractivity contribution in [3.05, 3.63) is 40.9 Å². The summed E-state index contributed by atoms with van der Waals surface area (Å²) in [5, 5.41) is 7.00. The topological polar surface area (TPSA) is 54.0 Å². The van der Waals surface area contributed by atoms with Gasteiger partial charge in [-0.1, -0.05) is 43.4 Å². The summed E-state index contributed by atoms with van der Waals surface area (Å²) in [5.74, 6) is -0.0100. The molecule has 0 aliphatic carbocycles. The number of carbonyl (C=O) groups is 1. The van der Waals surface area contributed by atoms with Crippen molar-refractivity contribution in [2.75, 3.05) is 11.9 Å². The van der Waals surface area contributed by atoms with Gasteiger partial charge in [-0.2, -0.15) is 0 Å². The van der Waals surface area contributed by atoms with Crippen molar-refractivity contribution < 1.29 is 4.79 Å². The van der Waals surface area contributed by atoms with Crippen LogP contribution >= 0.6 is 11.3 Å². The van der Waals surface area contributed by atoms with E-state index in [1.807, 2.05) is 30.3 Å². The molecule has 3 rings (SSSR count). The Labute approximate surface area is 122 Å². The summed E-state index contributed by atoms with van der Waals surface area (Å²) in [7, 11) is 0. The summed E-state index contributed by atoms with van der Waals surface area (Å²) >= 11 is 1.42. The molecule has 0 unspecified atom stereocenters. The molecule has 0 atom stereocenters. The van der Waals surface area contributed by atoms with Gasteiger partial charge in [0.1, 0.15) is 4.88 Å². The summed E-state index contributed by atoms with van der Waals surface area (Å²) in [4.78, 5) is 17.4. The van der Waals surface area contributed by atoms with E-state index in [9.17, 15) is 4.79 Å². The number of nitrogens with one attached hydrogen (secondary N) is 2. The zero-order valence-electron chi connectivity index (χ0n) is 11.6. The maximum Gasteiger partial charge on any atom is 0.263 e. The number of benzene rings is 1. The third-order valence-corrected chi connectivity index (χ3v) is 4.31. The minimum absolute atomic E-state index is 0.0100. The molecule has 2 heterocycles. The largest absolute Gasteiger partial charge is 0.351 e. The molecule has 0 saturated heterocycles. The fourth-order valence-electron chi connectivity index (χ4n) is 2.26. The summed E-state index contributed by atoms with van der Waals surface area (Å²) in [6, 6.07) is 9.87. The number of thiazole rings is 1. The summed E-state index contributed by atoms with van der Waals surface area (Å²) in [6.07, 6.45) is 0.814. The average molecular weight is 287 g/mol. The van der Waals surface area contributed by atoms with Gasteiger partial charge in [0.15, 0.2) is 5.13 Å². The number of amides is 1. The van der Waals surface area contributed by atoms with Crippen molar-refractivity contribution in [1.29, 1.82) is 0 Å². The summed E-state index contributed by atoms with van der Waals surface area (Å²) in [6.45, 7) is 4.98. The Kier molecular flexibility index (Phi) is 3.22. The molecule has 2 aromatic rings. The third kappa shape index (κ3) is 2.67. The minimum atomic E-state index is -0.0100. The number of hydrogen-bond acceptors (Lipinski definition) is 4. The molecule has 0 fully saturated rings. The van der Waals surface area contributed by atoms with E-state index in [0.29, 0.717) is 6.54 Å². The Morgan fingerprint density at radius 1 is 1.30 bits per heavy atom. The minimum Gasteiger partial charge on any atom is -0.351 e. The van der Waals surface area contributed by atoms with Crippen LogP contribution in [0.25, 0.3) is 0 Å². The smallest absolute Gasteiger partial charge is 0.263 e. The fraction of sp³-hybridized carbons (Fsp3) is 0.333. The normalized spacial score (nSPS) is 17.0. The first-order valence-electron chi connectivity index (χ1n) is 6.63. The highest BCUT2D eigenvalue weighted by Gasteiger charge is 2.30. The van der Waals surface area contributed by atoms with Gasteiger partial charge in [0, 0.05) is 12.2 Å². The molecule has 4 nitrogen and oxygen atoms in total. The predicted octanol–water partition coefficient (Wildman–Crippen LogP) is 3.20. The number of anilines is 2. The molecule has 1 aliphatic rings. The number of nitrogens with zero attached hydrogens (tertiary/aromatic N) is 1. The Morgan fingerprint density at radius 3 is 2.80 bits per heavy atom. The molecule has 0 bridgehead atoms. The monoisotopic (exact) mass is 287 g/mol. The Bertz CT molecular complexity index is 634. The van der Waals surface area contributed by atoms with Crippen LogP contribution in [0.3, 0.4) is 0 Å². The van der Waals surface area contributed by atoms with Crippen molar-refractivity contribution in [1.82, 2.24) is 10.3 Å². The van der Waals surface area contributed by atoms with Crippen LogP contribution in [0.1, 0.15) is 29.2 Å². The molecular formula is C15H17N3OS. The quantitative estimate of drug-likeness (QED) is 0.892. The molecule has 1 aliphatic heterocycles. The van der Waals surface area contributed by atoms with E-state index in [2.05, 4.69) is 29.5 Å². The highest BCUT2D eigenvalue weighted by Crippen LogP contribution is 2.32. The maximum atomic E-state index is 12.1. The average Bonchev–Trinajstić information content (AvgIpc) is 2.75. The predicted molar refractivity (Wildman–Crippen MR) is 81.7 cm³/mol. The van der Waals surface area contributed by atoms with Gasteiger partial charge in [-0.25, -0.2) is 4.98 Å². The number of carbonyl (C=O) groups excluding carboxylic acids is 1. The van der Waals surface area contributed by atoms with Gasteiger partial charge in [-0.05, 0) is 24.0 Å². The lowest BCUT2D eigenvalue weighted by atomic mass is 9.88. The lowest BCUT2D eigenvalue weighted by molar-refractivity contribution is 0.0948. The molecule has 0 saturated carbocycles. The first-order valence-corrected chi connectivity index (χ1v) is 7.45. The Balaban J connectivity index is 1.90. The van der Waals surface area contributed by atoms with Gasteiger partial charge in [-0.3, -0.25) is 4.79 Å². The van der Waals surface area contributed by atoms with Gasteiger partial charge in [-0.15, -0.1) is 0 Å². The zero-order valence-corrected chi connectivity index (χ0v) is 12.4. The van der Waals surface area contributed by atoms with E-state index in [1.165, 1.54) is 11.3 Å². The van der Waals surface area contributed by atoms with Crippen molar-refractivity contribution in [3.8, 4) is 0 Å². The molecule has 0 radical (unpaired) electrons. The number of fused-ring (bicyclic) bond motifs is 1. The van der Waals surface area contributed by atoms with Crippen LogP contribution in [-0.4, -0.2) is 17.4 Å². The Hall–Kier alpha value is -1.88. The van der Waals surface area contributed by atoms with Crippen molar-refractivity contribution in [2.45, 2.75) is 20.3 Å². The van der Waals surface area contributed by atoms with Crippen LogP contribution in [-0.2, 0) is 6.42 Å². The van der Waals surface area contributed by atoms with Crippen LogP contribution in [0.5, 0.6) is 0 Å². The van der Waals surface area contributed by atoms with Crippen LogP contribution < -0.4 is 10.6 Å². The lowest BCUT2D eigenvalue weighted by Gasteiger charge is -2.21. The van der Waals surface area contributed by atoms with E-state index >= 15 is 0 Å². The number of para-hydroxylation sites is 1. The summed E-state index contributed by atoms with van der Waals surface area (Å²) < 4.78 is 0. The summed E-state index contributed by atoms with van der Waals surface area (Å²) in [5.41, 5.74) is 1.92. The molecule has 1 aromatic heterocycles. The Morgan fingerprint density at radius 2 is 2.05 bits per heavy atom. The fourth-order valence-corrected chi connectivity index (χ4v) is 3.18.